The standard InChI is InChI=1S/C19H21FN6S/c1-25(13-16-4-3-11-26(16)17-5-2-10-21-22-17)19-24-23-18(27-19)12-14-6-8-15(20)9-7-14/h2,5-10,16H,3-4,11-13H2,1H3. The average molecular weight is 384 g/mol. The van der Waals surface area contributed by atoms with E-state index in [-0.39, 0.29) is 5.82 Å². The van der Waals surface area contributed by atoms with Gasteiger partial charge in [-0.1, -0.05) is 23.5 Å². The molecule has 6 nitrogen and oxygen atoms in total. The molecule has 1 atom stereocenters. The van der Waals surface area contributed by atoms with Crippen molar-refractivity contribution in [2.24, 2.45) is 0 Å². The highest BCUT2D eigenvalue weighted by atomic mass is 32.1. The molecule has 1 saturated heterocycles. The predicted octanol–water partition coefficient (Wildman–Crippen LogP) is 3.16. The molecule has 2 aromatic heterocycles. The summed E-state index contributed by atoms with van der Waals surface area (Å²) in [6.07, 6.45) is 4.65. The van der Waals surface area contributed by atoms with Gasteiger partial charge in [0.2, 0.25) is 5.13 Å². The topological polar surface area (TPSA) is 58.0 Å². The van der Waals surface area contributed by atoms with E-state index in [1.807, 2.05) is 12.1 Å². The third-order valence-corrected chi connectivity index (χ3v) is 5.80. The van der Waals surface area contributed by atoms with Crippen molar-refractivity contribution >= 4 is 22.3 Å². The quantitative estimate of drug-likeness (QED) is 0.651. The number of likely N-dealkylation sites (N-methyl/N-ethyl adjacent to an activating group) is 1. The minimum absolute atomic E-state index is 0.222. The predicted molar refractivity (Wildman–Crippen MR) is 105 cm³/mol. The fourth-order valence-electron chi connectivity index (χ4n) is 3.42. The zero-order valence-corrected chi connectivity index (χ0v) is 15.9. The summed E-state index contributed by atoms with van der Waals surface area (Å²) in [5.41, 5.74) is 1.03. The fraction of sp³-hybridized carbons (Fsp3) is 0.368. The van der Waals surface area contributed by atoms with Crippen molar-refractivity contribution in [3.05, 3.63) is 59.0 Å². The molecule has 0 aliphatic carbocycles. The maximum Gasteiger partial charge on any atom is 0.208 e. The molecule has 140 valence electrons. The lowest BCUT2D eigenvalue weighted by atomic mass is 10.2. The molecule has 0 bridgehead atoms. The molecule has 1 aliphatic rings. The van der Waals surface area contributed by atoms with E-state index >= 15 is 0 Å². The summed E-state index contributed by atoms with van der Waals surface area (Å²) in [7, 11) is 2.05. The van der Waals surface area contributed by atoms with Crippen LogP contribution in [0.25, 0.3) is 0 Å². The Hall–Kier alpha value is -2.61. The van der Waals surface area contributed by atoms with E-state index in [1.165, 1.54) is 12.1 Å². The zero-order valence-electron chi connectivity index (χ0n) is 15.1. The number of aromatic nitrogens is 4. The molecule has 0 radical (unpaired) electrons. The number of nitrogens with zero attached hydrogens (tertiary/aromatic N) is 6. The van der Waals surface area contributed by atoms with Crippen LogP contribution in [-0.2, 0) is 6.42 Å². The maximum atomic E-state index is 13.0. The number of anilines is 2. The third kappa shape index (κ3) is 4.21. The molecular weight excluding hydrogens is 363 g/mol. The molecule has 0 amide bonds. The Kier molecular flexibility index (Phi) is 5.24. The van der Waals surface area contributed by atoms with Gasteiger partial charge in [0.05, 0.1) is 0 Å². The highest BCUT2D eigenvalue weighted by Gasteiger charge is 2.27. The van der Waals surface area contributed by atoms with Crippen LogP contribution in [0.3, 0.4) is 0 Å². The second kappa shape index (κ2) is 7.96. The lowest BCUT2D eigenvalue weighted by Crippen LogP contribution is -2.39. The molecule has 1 aliphatic heterocycles. The molecule has 0 saturated carbocycles. The van der Waals surface area contributed by atoms with E-state index < -0.39 is 0 Å². The van der Waals surface area contributed by atoms with Crippen molar-refractivity contribution in [3.63, 3.8) is 0 Å². The number of halogens is 1. The summed E-state index contributed by atoms with van der Waals surface area (Å²) >= 11 is 1.58. The van der Waals surface area contributed by atoms with Gasteiger partial charge in [-0.15, -0.1) is 15.3 Å². The molecule has 0 spiro atoms. The van der Waals surface area contributed by atoms with E-state index in [0.29, 0.717) is 12.5 Å². The summed E-state index contributed by atoms with van der Waals surface area (Å²) in [6.45, 7) is 1.87. The van der Waals surface area contributed by atoms with E-state index in [0.717, 1.165) is 47.5 Å². The van der Waals surface area contributed by atoms with Crippen molar-refractivity contribution in [2.75, 3.05) is 29.9 Å². The average Bonchev–Trinajstić information content (AvgIpc) is 3.34. The van der Waals surface area contributed by atoms with Crippen LogP contribution in [0.4, 0.5) is 15.3 Å². The molecule has 3 heterocycles. The van der Waals surface area contributed by atoms with Crippen molar-refractivity contribution in [1.29, 1.82) is 0 Å². The highest BCUT2D eigenvalue weighted by Crippen LogP contribution is 2.27. The third-order valence-electron chi connectivity index (χ3n) is 4.77. The Balaban J connectivity index is 1.40. The van der Waals surface area contributed by atoms with E-state index in [4.69, 9.17) is 0 Å². The second-order valence-corrected chi connectivity index (χ2v) is 7.77. The first kappa shape index (κ1) is 17.8. The van der Waals surface area contributed by atoms with Crippen molar-refractivity contribution in [3.8, 4) is 0 Å². The summed E-state index contributed by atoms with van der Waals surface area (Å²) in [5.74, 6) is 0.711. The lowest BCUT2D eigenvalue weighted by Gasteiger charge is -2.28. The second-order valence-electron chi connectivity index (χ2n) is 6.73. The number of hydrogen-bond acceptors (Lipinski definition) is 7. The van der Waals surface area contributed by atoms with Crippen LogP contribution in [0.15, 0.2) is 42.6 Å². The molecule has 27 heavy (non-hydrogen) atoms. The van der Waals surface area contributed by atoms with Gasteiger partial charge in [-0.3, -0.25) is 0 Å². The Morgan fingerprint density at radius 1 is 1.19 bits per heavy atom. The van der Waals surface area contributed by atoms with Gasteiger partial charge in [-0.05, 0) is 42.7 Å². The zero-order chi connectivity index (χ0) is 18.6. The lowest BCUT2D eigenvalue weighted by molar-refractivity contribution is 0.627. The maximum absolute atomic E-state index is 13.0. The van der Waals surface area contributed by atoms with Crippen LogP contribution in [0.5, 0.6) is 0 Å². The molecule has 1 fully saturated rings. The largest absolute Gasteiger partial charge is 0.350 e. The SMILES string of the molecule is CN(CC1CCCN1c1cccnn1)c1nnc(Cc2ccc(F)cc2)s1. The molecular formula is C19H21FN6S. The van der Waals surface area contributed by atoms with E-state index in [2.05, 4.69) is 37.2 Å². The first-order valence-electron chi connectivity index (χ1n) is 9.01. The number of rotatable bonds is 6. The summed E-state index contributed by atoms with van der Waals surface area (Å²) < 4.78 is 13.0. The number of hydrogen-bond donors (Lipinski definition) is 0. The van der Waals surface area contributed by atoms with Crippen LogP contribution in [-0.4, -0.2) is 46.6 Å². The highest BCUT2D eigenvalue weighted by molar-refractivity contribution is 7.15. The Labute approximate surface area is 161 Å². The Bertz CT molecular complexity index is 869. The van der Waals surface area contributed by atoms with Crippen LogP contribution in [0.2, 0.25) is 0 Å². The minimum Gasteiger partial charge on any atom is -0.350 e. The van der Waals surface area contributed by atoms with Gasteiger partial charge in [0.25, 0.3) is 0 Å². The smallest absolute Gasteiger partial charge is 0.208 e. The van der Waals surface area contributed by atoms with Crippen molar-refractivity contribution in [2.45, 2.75) is 25.3 Å². The molecule has 4 rings (SSSR count). The first-order chi connectivity index (χ1) is 13.2. The Morgan fingerprint density at radius 2 is 2.04 bits per heavy atom. The number of benzene rings is 1. The van der Waals surface area contributed by atoms with Crippen LogP contribution in [0, 0.1) is 5.82 Å². The molecule has 1 aromatic carbocycles. The van der Waals surface area contributed by atoms with Gasteiger partial charge in [0.15, 0.2) is 5.82 Å². The molecule has 1 unspecified atom stereocenters. The fourth-order valence-corrected chi connectivity index (χ4v) is 4.26. The van der Waals surface area contributed by atoms with Crippen LogP contribution in [0.1, 0.15) is 23.4 Å². The Morgan fingerprint density at radius 3 is 2.81 bits per heavy atom. The van der Waals surface area contributed by atoms with Gasteiger partial charge in [0.1, 0.15) is 10.8 Å². The molecule has 8 heteroatoms. The van der Waals surface area contributed by atoms with Gasteiger partial charge in [-0.25, -0.2) is 4.39 Å². The monoisotopic (exact) mass is 384 g/mol. The first-order valence-corrected chi connectivity index (χ1v) is 9.83. The van der Waals surface area contributed by atoms with Gasteiger partial charge in [0, 0.05) is 38.8 Å². The van der Waals surface area contributed by atoms with Crippen molar-refractivity contribution in [1.82, 2.24) is 20.4 Å². The van der Waals surface area contributed by atoms with Gasteiger partial charge < -0.3 is 9.80 Å². The van der Waals surface area contributed by atoms with Crippen LogP contribution >= 0.6 is 11.3 Å². The summed E-state index contributed by atoms with van der Waals surface area (Å²) in [4.78, 5) is 4.48. The molecule has 3 aromatic rings. The van der Waals surface area contributed by atoms with E-state index in [9.17, 15) is 4.39 Å². The van der Waals surface area contributed by atoms with Crippen LogP contribution < -0.4 is 9.80 Å². The summed E-state index contributed by atoms with van der Waals surface area (Å²) in [5, 5.41) is 18.7. The van der Waals surface area contributed by atoms with Gasteiger partial charge >= 0.3 is 0 Å². The van der Waals surface area contributed by atoms with Gasteiger partial charge in [-0.2, -0.15) is 5.10 Å². The minimum atomic E-state index is -0.222. The van der Waals surface area contributed by atoms with Crippen molar-refractivity contribution < 1.29 is 4.39 Å². The summed E-state index contributed by atoms with van der Waals surface area (Å²) in [6, 6.07) is 10.9. The normalized spacial score (nSPS) is 16.7. The molecule has 0 N–H and O–H groups in total. The van der Waals surface area contributed by atoms with E-state index in [1.54, 1.807) is 29.7 Å².